The molecule has 3 amide bonds. The van der Waals surface area contributed by atoms with Crippen LogP contribution in [0.4, 0.5) is 0 Å². The standard InChI is InChI=1S/C36H41N4O7P/c1-22(2)18-29(40-36(44)30-21-26-27(38-30)13-9-14-32(26)47-3)35(43)39-28(19-24-16-17-37-34(24)42)31(41)20-23-10-7-8-15-33(23)48(45,46)25-11-5-4-6-12-25/h4-15,21-22,24,28-29,38H,16-20H2,1-3H3,(H,37,42)(H,39,43)(H,40,44)(H,45,46). The molecule has 4 aromatic rings. The Morgan fingerprint density at radius 2 is 1.71 bits per heavy atom. The lowest BCUT2D eigenvalue weighted by atomic mass is 9.92. The number of ketones is 1. The van der Waals surface area contributed by atoms with Gasteiger partial charge in [0.15, 0.2) is 5.78 Å². The molecule has 1 aliphatic rings. The number of methoxy groups -OCH3 is 1. The van der Waals surface area contributed by atoms with E-state index in [1.807, 2.05) is 19.9 Å². The minimum absolute atomic E-state index is 0.0159. The molecule has 0 radical (unpaired) electrons. The second-order valence-corrected chi connectivity index (χ2v) is 14.7. The maximum absolute atomic E-state index is 14.0. The summed E-state index contributed by atoms with van der Waals surface area (Å²) in [5.41, 5.74) is 1.30. The van der Waals surface area contributed by atoms with E-state index >= 15 is 0 Å². The zero-order valence-electron chi connectivity index (χ0n) is 27.2. The molecule has 12 heteroatoms. The number of benzene rings is 3. The second-order valence-electron chi connectivity index (χ2n) is 12.5. The van der Waals surface area contributed by atoms with Crippen molar-refractivity contribution in [1.29, 1.82) is 0 Å². The number of nitrogens with one attached hydrogen (secondary N) is 4. The molecule has 4 unspecified atom stereocenters. The van der Waals surface area contributed by atoms with Gasteiger partial charge in [0.1, 0.15) is 17.5 Å². The van der Waals surface area contributed by atoms with Gasteiger partial charge in [-0.15, -0.1) is 0 Å². The number of ether oxygens (including phenoxy) is 1. The van der Waals surface area contributed by atoms with Crippen LogP contribution in [0.5, 0.6) is 5.75 Å². The lowest BCUT2D eigenvalue weighted by Crippen LogP contribution is -2.53. The Hall–Kier alpha value is -4.73. The number of aromatic nitrogens is 1. The summed E-state index contributed by atoms with van der Waals surface area (Å²) in [7, 11) is -2.50. The van der Waals surface area contributed by atoms with Gasteiger partial charge in [0.25, 0.3) is 13.3 Å². The fourth-order valence-electron chi connectivity index (χ4n) is 6.10. The van der Waals surface area contributed by atoms with Crippen LogP contribution >= 0.6 is 7.37 Å². The van der Waals surface area contributed by atoms with E-state index in [0.717, 1.165) is 5.39 Å². The van der Waals surface area contributed by atoms with Crippen molar-refractivity contribution in [2.24, 2.45) is 11.8 Å². The summed E-state index contributed by atoms with van der Waals surface area (Å²) in [6, 6.07) is 19.7. The number of hydrogen-bond acceptors (Lipinski definition) is 6. The quantitative estimate of drug-likeness (QED) is 0.128. The van der Waals surface area contributed by atoms with Crippen LogP contribution in [0.3, 0.4) is 0 Å². The lowest BCUT2D eigenvalue weighted by molar-refractivity contribution is -0.130. The Kier molecular flexibility index (Phi) is 10.8. The first kappa shape index (κ1) is 34.6. The van der Waals surface area contributed by atoms with Crippen molar-refractivity contribution in [2.45, 2.75) is 51.6 Å². The zero-order valence-corrected chi connectivity index (χ0v) is 28.1. The first-order chi connectivity index (χ1) is 23.0. The van der Waals surface area contributed by atoms with Crippen molar-refractivity contribution in [3.8, 4) is 5.75 Å². The Labute approximate surface area is 279 Å². The first-order valence-electron chi connectivity index (χ1n) is 16.0. The molecule has 0 saturated carbocycles. The van der Waals surface area contributed by atoms with Gasteiger partial charge >= 0.3 is 0 Å². The van der Waals surface area contributed by atoms with Crippen molar-refractivity contribution in [2.75, 3.05) is 13.7 Å². The zero-order chi connectivity index (χ0) is 34.4. The van der Waals surface area contributed by atoms with E-state index in [1.54, 1.807) is 73.8 Å². The third-order valence-electron chi connectivity index (χ3n) is 8.59. The molecule has 1 saturated heterocycles. The number of fused-ring (bicyclic) bond motifs is 1. The molecule has 3 aromatic carbocycles. The largest absolute Gasteiger partial charge is 0.496 e. The van der Waals surface area contributed by atoms with E-state index < -0.39 is 43.0 Å². The van der Waals surface area contributed by atoms with Crippen LogP contribution in [-0.2, 0) is 25.4 Å². The summed E-state index contributed by atoms with van der Waals surface area (Å²) >= 11 is 0. The van der Waals surface area contributed by atoms with E-state index in [2.05, 4.69) is 20.9 Å². The highest BCUT2D eigenvalue weighted by molar-refractivity contribution is 7.73. The van der Waals surface area contributed by atoms with Gasteiger partial charge in [-0.25, -0.2) is 0 Å². The first-order valence-corrected chi connectivity index (χ1v) is 17.7. The third kappa shape index (κ3) is 7.86. The molecular formula is C36H41N4O7P. The summed E-state index contributed by atoms with van der Waals surface area (Å²) in [5.74, 6) is -1.56. The van der Waals surface area contributed by atoms with Crippen molar-refractivity contribution in [1.82, 2.24) is 20.9 Å². The smallest absolute Gasteiger partial charge is 0.268 e. The average Bonchev–Trinajstić information content (AvgIpc) is 3.70. The molecule has 1 aromatic heterocycles. The molecule has 0 spiro atoms. The number of hydrogen-bond donors (Lipinski definition) is 5. The number of carbonyl (C=O) groups excluding carboxylic acids is 4. The van der Waals surface area contributed by atoms with Crippen LogP contribution in [0.15, 0.2) is 78.9 Å². The number of H-pyrrole nitrogens is 1. The highest BCUT2D eigenvalue weighted by atomic mass is 31.2. The summed E-state index contributed by atoms with van der Waals surface area (Å²) in [6.45, 7) is 4.30. The molecule has 1 aliphatic heterocycles. The number of carbonyl (C=O) groups is 4. The normalized spacial score (nSPS) is 16.9. The second kappa shape index (κ2) is 15.0. The van der Waals surface area contributed by atoms with E-state index in [9.17, 15) is 28.6 Å². The van der Waals surface area contributed by atoms with E-state index in [-0.39, 0.29) is 41.0 Å². The van der Waals surface area contributed by atoms with Gasteiger partial charge in [-0.1, -0.05) is 56.3 Å². The Morgan fingerprint density at radius 3 is 2.40 bits per heavy atom. The van der Waals surface area contributed by atoms with Crippen LogP contribution in [0.2, 0.25) is 0 Å². The fourth-order valence-corrected chi connectivity index (χ4v) is 7.79. The van der Waals surface area contributed by atoms with Crippen LogP contribution in [-0.4, -0.2) is 59.1 Å². The molecule has 5 rings (SSSR count). The van der Waals surface area contributed by atoms with E-state index in [4.69, 9.17) is 4.74 Å². The molecule has 11 nitrogen and oxygen atoms in total. The van der Waals surface area contributed by atoms with Gasteiger partial charge in [0.2, 0.25) is 11.8 Å². The number of rotatable bonds is 14. The predicted molar refractivity (Wildman–Crippen MR) is 184 cm³/mol. The summed E-state index contributed by atoms with van der Waals surface area (Å²) in [6.07, 6.45) is 0.605. The lowest BCUT2D eigenvalue weighted by Gasteiger charge is -2.25. The van der Waals surface area contributed by atoms with Gasteiger partial charge in [-0.3, -0.25) is 23.7 Å². The Bertz CT molecular complexity index is 1860. The number of aromatic amines is 1. The van der Waals surface area contributed by atoms with Gasteiger partial charge in [0, 0.05) is 40.4 Å². The summed E-state index contributed by atoms with van der Waals surface area (Å²) < 4.78 is 19.1. The molecule has 48 heavy (non-hydrogen) atoms. The SMILES string of the molecule is COc1cccc2[nH]c(C(=O)NC(CC(C)C)C(=O)NC(CC3CCNC3=O)C(=O)Cc3ccccc3P(=O)(O)c3ccccc3)cc12. The van der Waals surface area contributed by atoms with Gasteiger partial charge in [-0.2, -0.15) is 0 Å². The molecule has 252 valence electrons. The Morgan fingerprint density at radius 1 is 0.979 bits per heavy atom. The van der Waals surface area contributed by atoms with Crippen LogP contribution in [0.1, 0.15) is 49.2 Å². The molecule has 2 heterocycles. The van der Waals surface area contributed by atoms with Crippen LogP contribution in [0, 0.1) is 11.8 Å². The number of Topliss-reactive ketones (excluding diaryl/α,β-unsaturated/α-hetero) is 1. The fraction of sp³-hybridized carbons (Fsp3) is 0.333. The Balaban J connectivity index is 1.39. The minimum atomic E-state index is -4.04. The predicted octanol–water partition coefficient (Wildman–Crippen LogP) is 3.37. The maximum Gasteiger partial charge on any atom is 0.268 e. The van der Waals surface area contributed by atoms with Crippen molar-refractivity contribution >= 4 is 52.4 Å². The molecule has 0 aliphatic carbocycles. The maximum atomic E-state index is 14.0. The van der Waals surface area contributed by atoms with Crippen molar-refractivity contribution < 1.29 is 33.4 Å². The van der Waals surface area contributed by atoms with Crippen molar-refractivity contribution in [3.63, 3.8) is 0 Å². The van der Waals surface area contributed by atoms with E-state index in [1.165, 1.54) is 6.07 Å². The molecule has 1 fully saturated rings. The summed E-state index contributed by atoms with van der Waals surface area (Å²) in [5, 5.41) is 9.52. The van der Waals surface area contributed by atoms with Crippen LogP contribution < -0.4 is 31.3 Å². The highest BCUT2D eigenvalue weighted by Crippen LogP contribution is 2.39. The average molecular weight is 673 g/mol. The number of amides is 3. The monoisotopic (exact) mass is 672 g/mol. The van der Waals surface area contributed by atoms with E-state index in [0.29, 0.717) is 36.2 Å². The minimum Gasteiger partial charge on any atom is -0.496 e. The third-order valence-corrected chi connectivity index (χ3v) is 10.7. The molecule has 5 N–H and O–H groups in total. The topological polar surface area (TPSA) is 167 Å². The highest BCUT2D eigenvalue weighted by Gasteiger charge is 2.35. The van der Waals surface area contributed by atoms with Crippen molar-refractivity contribution in [3.05, 3.63) is 90.1 Å². The van der Waals surface area contributed by atoms with Crippen LogP contribution in [0.25, 0.3) is 10.9 Å². The molecular weight excluding hydrogens is 631 g/mol. The van der Waals surface area contributed by atoms with Gasteiger partial charge in [-0.05, 0) is 67.1 Å². The molecule has 4 atom stereocenters. The molecule has 0 bridgehead atoms. The van der Waals surface area contributed by atoms with Gasteiger partial charge in [0.05, 0.1) is 13.2 Å². The van der Waals surface area contributed by atoms with Gasteiger partial charge < -0.3 is 30.6 Å². The summed E-state index contributed by atoms with van der Waals surface area (Å²) in [4.78, 5) is 68.0.